The van der Waals surface area contributed by atoms with Gasteiger partial charge in [-0.25, -0.2) is 0 Å². The molecule has 3 rings (SSSR count). The van der Waals surface area contributed by atoms with Gasteiger partial charge in [0, 0.05) is 25.1 Å². The van der Waals surface area contributed by atoms with Gasteiger partial charge in [-0.1, -0.05) is 18.2 Å². The Balaban J connectivity index is 1.62. The monoisotopic (exact) mass is 317 g/mol. The van der Waals surface area contributed by atoms with Gasteiger partial charge in [-0.2, -0.15) is 0 Å². The van der Waals surface area contributed by atoms with Crippen molar-refractivity contribution < 1.29 is 19.2 Å². The molecule has 0 radical (unpaired) electrons. The van der Waals surface area contributed by atoms with E-state index in [1.165, 1.54) is 17.6 Å². The third-order valence-corrected chi connectivity index (χ3v) is 5.30. The molecular weight excluding hydrogens is 292 g/mol. The molecule has 0 saturated carbocycles. The number of fused-ring (bicyclic) bond motifs is 1. The molecule has 0 unspecified atom stereocenters. The van der Waals surface area contributed by atoms with Crippen molar-refractivity contribution in [1.29, 1.82) is 0 Å². The Hall–Kier alpha value is -1.88. The van der Waals surface area contributed by atoms with Crippen molar-refractivity contribution in [2.45, 2.75) is 32.2 Å². The minimum atomic E-state index is -0.114. The molecule has 23 heavy (non-hydrogen) atoms. The summed E-state index contributed by atoms with van der Waals surface area (Å²) < 4.78 is 4.83. The van der Waals surface area contributed by atoms with Crippen LogP contribution in [-0.4, -0.2) is 44.7 Å². The first-order valence-corrected chi connectivity index (χ1v) is 8.43. The van der Waals surface area contributed by atoms with Crippen LogP contribution >= 0.6 is 0 Å². The average molecular weight is 317 g/mol. The quantitative estimate of drug-likeness (QED) is 0.823. The first-order valence-electron chi connectivity index (χ1n) is 8.43. The van der Waals surface area contributed by atoms with E-state index in [0.717, 1.165) is 44.6 Å². The Kier molecular flexibility index (Phi) is 4.66. The maximum absolute atomic E-state index is 12.9. The fourth-order valence-corrected chi connectivity index (χ4v) is 3.80. The third kappa shape index (κ3) is 3.11. The minimum absolute atomic E-state index is 0.00133. The van der Waals surface area contributed by atoms with E-state index in [2.05, 4.69) is 6.07 Å². The van der Waals surface area contributed by atoms with Gasteiger partial charge in [0.15, 0.2) is 6.04 Å². The van der Waals surface area contributed by atoms with Crippen LogP contribution in [0.2, 0.25) is 0 Å². The zero-order chi connectivity index (χ0) is 16.4. The fourth-order valence-electron chi connectivity index (χ4n) is 3.80. The number of benzene rings is 1. The van der Waals surface area contributed by atoms with Crippen LogP contribution in [0.25, 0.3) is 0 Å². The van der Waals surface area contributed by atoms with Gasteiger partial charge in [0.05, 0.1) is 26.1 Å². The molecule has 0 spiro atoms. The highest BCUT2D eigenvalue weighted by Crippen LogP contribution is 2.27. The van der Waals surface area contributed by atoms with Gasteiger partial charge in [0.25, 0.3) is 5.91 Å². The number of quaternary nitrogens is 1. The van der Waals surface area contributed by atoms with Crippen molar-refractivity contribution in [2.24, 2.45) is 5.92 Å². The van der Waals surface area contributed by atoms with Gasteiger partial charge in [-0.05, 0) is 25.0 Å². The molecule has 1 aromatic carbocycles. The maximum Gasteiger partial charge on any atom is 0.309 e. The fraction of sp³-hybridized carbons (Fsp3) is 0.556. The van der Waals surface area contributed by atoms with Crippen molar-refractivity contribution >= 4 is 17.6 Å². The number of carbonyl (C=O) groups excluding carboxylic acids is 2. The number of ether oxygens (including phenoxy) is 1. The first kappa shape index (κ1) is 16.0. The van der Waals surface area contributed by atoms with Gasteiger partial charge < -0.3 is 14.5 Å². The van der Waals surface area contributed by atoms with Gasteiger partial charge in [-0.3, -0.25) is 9.59 Å². The molecule has 1 aromatic rings. The number of rotatable bonds is 3. The predicted molar refractivity (Wildman–Crippen MR) is 87.4 cm³/mol. The van der Waals surface area contributed by atoms with Crippen LogP contribution < -0.4 is 9.80 Å². The highest BCUT2D eigenvalue weighted by molar-refractivity contribution is 5.97. The zero-order valence-electron chi connectivity index (χ0n) is 13.9. The van der Waals surface area contributed by atoms with E-state index in [-0.39, 0.29) is 23.8 Å². The van der Waals surface area contributed by atoms with Crippen LogP contribution in [0, 0.1) is 5.92 Å². The molecule has 2 aliphatic rings. The smallest absolute Gasteiger partial charge is 0.309 e. The molecule has 5 nitrogen and oxygen atoms in total. The lowest BCUT2D eigenvalue weighted by Gasteiger charge is -2.33. The zero-order valence-corrected chi connectivity index (χ0v) is 13.9. The van der Waals surface area contributed by atoms with E-state index in [1.54, 1.807) is 0 Å². The number of nitrogens with zero attached hydrogens (tertiary/aromatic N) is 1. The summed E-state index contributed by atoms with van der Waals surface area (Å²) in [5.74, 6) is 0.0801. The van der Waals surface area contributed by atoms with Crippen LogP contribution in [0.5, 0.6) is 0 Å². The number of methoxy groups -OCH3 is 1. The van der Waals surface area contributed by atoms with Crippen LogP contribution in [-0.2, 0) is 20.7 Å². The second-order valence-electron chi connectivity index (χ2n) is 6.55. The molecule has 0 aromatic heterocycles. The van der Waals surface area contributed by atoms with Gasteiger partial charge in [0.2, 0.25) is 0 Å². The number of piperidine rings is 1. The summed E-state index contributed by atoms with van der Waals surface area (Å²) in [7, 11) is 1.44. The van der Waals surface area contributed by atoms with Crippen molar-refractivity contribution in [1.82, 2.24) is 0 Å². The van der Waals surface area contributed by atoms with Crippen molar-refractivity contribution in [2.75, 3.05) is 31.6 Å². The van der Waals surface area contributed by atoms with Crippen molar-refractivity contribution in [3.05, 3.63) is 29.8 Å². The Bertz CT molecular complexity index is 594. The number of esters is 1. The molecule has 1 atom stereocenters. The average Bonchev–Trinajstić information content (AvgIpc) is 3.04. The number of para-hydroxylation sites is 1. The van der Waals surface area contributed by atoms with E-state index in [4.69, 9.17) is 4.74 Å². The normalized spacial score (nSPS) is 24.9. The lowest BCUT2D eigenvalue weighted by molar-refractivity contribution is -0.919. The Morgan fingerprint density at radius 3 is 2.65 bits per heavy atom. The lowest BCUT2D eigenvalue weighted by Crippen LogP contribution is -3.17. The number of hydrogen-bond donors (Lipinski definition) is 1. The van der Waals surface area contributed by atoms with E-state index in [9.17, 15) is 9.59 Å². The van der Waals surface area contributed by atoms with Crippen LogP contribution in [0.4, 0.5) is 5.69 Å². The first-order chi connectivity index (χ1) is 11.1. The van der Waals surface area contributed by atoms with E-state index in [1.807, 2.05) is 30.0 Å². The van der Waals surface area contributed by atoms with Crippen molar-refractivity contribution in [3.8, 4) is 0 Å². The Morgan fingerprint density at radius 1 is 1.26 bits per heavy atom. The molecule has 1 N–H and O–H groups in total. The summed E-state index contributed by atoms with van der Waals surface area (Å²) >= 11 is 0. The third-order valence-electron chi connectivity index (χ3n) is 5.30. The summed E-state index contributed by atoms with van der Waals surface area (Å²) in [6.45, 7) is 4.49. The van der Waals surface area contributed by atoms with Crippen LogP contribution in [0.1, 0.15) is 25.3 Å². The Labute approximate surface area is 137 Å². The van der Waals surface area contributed by atoms with Crippen LogP contribution in [0.3, 0.4) is 0 Å². The number of carbonyl (C=O) groups is 2. The molecule has 5 heteroatoms. The molecule has 124 valence electrons. The van der Waals surface area contributed by atoms with Crippen LogP contribution in [0.15, 0.2) is 24.3 Å². The standard InChI is InChI=1S/C18H24N2O3/c1-13(19-10-7-15(8-11-19)18(22)23-2)17(21)20-12-9-14-5-3-4-6-16(14)20/h3-6,13,15H,7-12H2,1-2H3/p+1/t13-/m1/s1. The van der Waals surface area contributed by atoms with E-state index >= 15 is 0 Å². The number of likely N-dealkylation sites (tertiary alicyclic amines) is 1. The minimum Gasteiger partial charge on any atom is -0.469 e. The largest absolute Gasteiger partial charge is 0.469 e. The van der Waals surface area contributed by atoms with Crippen molar-refractivity contribution in [3.63, 3.8) is 0 Å². The molecule has 1 amide bonds. The number of nitrogens with one attached hydrogen (secondary N) is 1. The molecule has 0 bridgehead atoms. The number of amides is 1. The molecule has 2 aliphatic heterocycles. The summed E-state index contributed by atoms with van der Waals surface area (Å²) in [6, 6.07) is 8.08. The Morgan fingerprint density at radius 2 is 1.96 bits per heavy atom. The van der Waals surface area contributed by atoms with Gasteiger partial charge >= 0.3 is 5.97 Å². The summed E-state index contributed by atoms with van der Waals surface area (Å²) in [5.41, 5.74) is 2.32. The molecule has 2 heterocycles. The summed E-state index contributed by atoms with van der Waals surface area (Å²) in [6.07, 6.45) is 2.54. The maximum atomic E-state index is 12.9. The number of hydrogen-bond acceptors (Lipinski definition) is 3. The second-order valence-corrected chi connectivity index (χ2v) is 6.55. The topological polar surface area (TPSA) is 51.1 Å². The van der Waals surface area contributed by atoms with E-state index < -0.39 is 0 Å². The SMILES string of the molecule is COC(=O)C1CC[NH+]([C@H](C)C(=O)N2CCc3ccccc32)CC1. The number of anilines is 1. The highest BCUT2D eigenvalue weighted by atomic mass is 16.5. The lowest BCUT2D eigenvalue weighted by atomic mass is 9.96. The second kappa shape index (κ2) is 6.71. The molecule has 1 fully saturated rings. The van der Waals surface area contributed by atoms with Gasteiger partial charge in [-0.15, -0.1) is 0 Å². The van der Waals surface area contributed by atoms with E-state index in [0.29, 0.717) is 0 Å². The highest BCUT2D eigenvalue weighted by Gasteiger charge is 2.36. The predicted octanol–water partition coefficient (Wildman–Crippen LogP) is 0.432. The summed E-state index contributed by atoms with van der Waals surface area (Å²) in [5, 5.41) is 0. The van der Waals surface area contributed by atoms with Gasteiger partial charge in [0.1, 0.15) is 0 Å². The summed E-state index contributed by atoms with van der Waals surface area (Å²) in [4.78, 5) is 27.7. The molecular formula is C18H25N2O3+. The molecule has 1 saturated heterocycles. The molecule has 0 aliphatic carbocycles.